The van der Waals surface area contributed by atoms with Crippen LogP contribution in [0.15, 0.2) is 6.33 Å². The van der Waals surface area contributed by atoms with E-state index >= 15 is 0 Å². The Morgan fingerprint density at radius 3 is 3.00 bits per heavy atom. The minimum atomic E-state index is -0.243. The van der Waals surface area contributed by atoms with Gasteiger partial charge < -0.3 is 5.32 Å². The van der Waals surface area contributed by atoms with Crippen LogP contribution in [0, 0.1) is 11.3 Å². The van der Waals surface area contributed by atoms with E-state index in [1.165, 1.54) is 0 Å². The zero-order chi connectivity index (χ0) is 13.9. The fourth-order valence-electron chi connectivity index (χ4n) is 2.57. The molecular weight excluding hydrogens is 240 g/mol. The van der Waals surface area contributed by atoms with Gasteiger partial charge in [-0.2, -0.15) is 5.10 Å². The number of carbonyl (C=O) groups excluding carboxylic acids is 1. The molecule has 1 saturated heterocycles. The molecule has 0 saturated carbocycles. The smallest absolute Gasteiger partial charge is 0.147 e. The largest absolute Gasteiger partial charge is 0.316 e. The summed E-state index contributed by atoms with van der Waals surface area (Å²) in [5, 5.41) is 7.53. The maximum atomic E-state index is 12.5. The third-order valence-corrected chi connectivity index (χ3v) is 3.82. The standard InChI is InChI=1S/C14H24N4O/c1-11(2)8-18-13(16-10-17-18)7-12(19)14(3)5-4-6-15-9-14/h10-11,15H,4-9H2,1-3H3. The molecule has 19 heavy (non-hydrogen) atoms. The van der Waals surface area contributed by atoms with E-state index in [4.69, 9.17) is 0 Å². The van der Waals surface area contributed by atoms with Crippen LogP contribution in [0.25, 0.3) is 0 Å². The lowest BCUT2D eigenvalue weighted by Crippen LogP contribution is -2.44. The first-order chi connectivity index (χ1) is 9.01. The quantitative estimate of drug-likeness (QED) is 0.874. The van der Waals surface area contributed by atoms with Crippen LogP contribution in [0.3, 0.4) is 0 Å². The van der Waals surface area contributed by atoms with Crippen molar-refractivity contribution in [2.75, 3.05) is 13.1 Å². The molecule has 1 N–H and O–H groups in total. The van der Waals surface area contributed by atoms with E-state index in [9.17, 15) is 4.79 Å². The molecule has 0 aliphatic carbocycles. The fourth-order valence-corrected chi connectivity index (χ4v) is 2.57. The van der Waals surface area contributed by atoms with Crippen LogP contribution < -0.4 is 5.32 Å². The molecule has 0 aromatic carbocycles. The van der Waals surface area contributed by atoms with Gasteiger partial charge in [0, 0.05) is 18.5 Å². The van der Waals surface area contributed by atoms with E-state index in [1.807, 2.05) is 4.68 Å². The Balaban J connectivity index is 2.04. The molecule has 106 valence electrons. The number of nitrogens with one attached hydrogen (secondary N) is 1. The number of hydrogen-bond donors (Lipinski definition) is 1. The molecule has 0 amide bonds. The number of nitrogens with zero attached hydrogens (tertiary/aromatic N) is 3. The number of aromatic nitrogens is 3. The van der Waals surface area contributed by atoms with Gasteiger partial charge in [-0.1, -0.05) is 20.8 Å². The van der Waals surface area contributed by atoms with Crippen LogP contribution in [0.2, 0.25) is 0 Å². The molecule has 0 bridgehead atoms. The first-order valence-corrected chi connectivity index (χ1v) is 7.12. The fraction of sp³-hybridized carbons (Fsp3) is 0.786. The van der Waals surface area contributed by atoms with Gasteiger partial charge in [-0.15, -0.1) is 0 Å². The number of ketones is 1. The molecule has 1 atom stereocenters. The van der Waals surface area contributed by atoms with Gasteiger partial charge in [-0.05, 0) is 25.3 Å². The highest BCUT2D eigenvalue weighted by molar-refractivity contribution is 5.86. The molecule has 5 heteroatoms. The molecular formula is C14H24N4O. The van der Waals surface area contributed by atoms with Gasteiger partial charge in [0.2, 0.25) is 0 Å². The van der Waals surface area contributed by atoms with Crippen LogP contribution in [-0.4, -0.2) is 33.6 Å². The van der Waals surface area contributed by atoms with E-state index in [0.29, 0.717) is 12.3 Å². The predicted molar refractivity (Wildman–Crippen MR) is 73.8 cm³/mol. The summed E-state index contributed by atoms with van der Waals surface area (Å²) in [5.41, 5.74) is -0.243. The van der Waals surface area contributed by atoms with E-state index < -0.39 is 0 Å². The second-order valence-electron chi connectivity index (χ2n) is 6.19. The predicted octanol–water partition coefficient (Wildman–Crippen LogP) is 1.44. The molecule has 2 rings (SSSR count). The summed E-state index contributed by atoms with van der Waals surface area (Å²) in [7, 11) is 0. The summed E-state index contributed by atoms with van der Waals surface area (Å²) in [6.45, 7) is 8.96. The van der Waals surface area contributed by atoms with Crippen molar-refractivity contribution < 1.29 is 4.79 Å². The van der Waals surface area contributed by atoms with E-state index in [2.05, 4.69) is 36.2 Å². The highest BCUT2D eigenvalue weighted by Gasteiger charge is 2.34. The lowest BCUT2D eigenvalue weighted by atomic mass is 9.77. The van der Waals surface area contributed by atoms with Crippen molar-refractivity contribution in [2.45, 2.75) is 46.6 Å². The average Bonchev–Trinajstić information content (AvgIpc) is 2.76. The second-order valence-corrected chi connectivity index (χ2v) is 6.19. The molecule has 1 aromatic heterocycles. The molecule has 1 unspecified atom stereocenters. The Morgan fingerprint density at radius 2 is 2.37 bits per heavy atom. The molecule has 1 aromatic rings. The van der Waals surface area contributed by atoms with Crippen molar-refractivity contribution in [1.29, 1.82) is 0 Å². The molecule has 1 fully saturated rings. The van der Waals surface area contributed by atoms with Gasteiger partial charge in [-0.3, -0.25) is 4.79 Å². The average molecular weight is 264 g/mol. The normalized spacial score (nSPS) is 23.8. The van der Waals surface area contributed by atoms with Gasteiger partial charge in [0.25, 0.3) is 0 Å². The highest BCUT2D eigenvalue weighted by atomic mass is 16.1. The zero-order valence-electron chi connectivity index (χ0n) is 12.1. The number of piperidine rings is 1. The molecule has 2 heterocycles. The van der Waals surface area contributed by atoms with Crippen molar-refractivity contribution in [3.8, 4) is 0 Å². The summed E-state index contributed by atoms with van der Waals surface area (Å²) < 4.78 is 1.86. The van der Waals surface area contributed by atoms with Crippen LogP contribution in [-0.2, 0) is 17.8 Å². The van der Waals surface area contributed by atoms with Crippen molar-refractivity contribution in [3.05, 3.63) is 12.2 Å². The Bertz CT molecular complexity index is 432. The zero-order valence-corrected chi connectivity index (χ0v) is 12.1. The summed E-state index contributed by atoms with van der Waals surface area (Å²) in [6.07, 6.45) is 3.98. The van der Waals surface area contributed by atoms with Crippen LogP contribution in [0.5, 0.6) is 0 Å². The van der Waals surface area contributed by atoms with Crippen LogP contribution in [0.4, 0.5) is 0 Å². The molecule has 0 radical (unpaired) electrons. The third kappa shape index (κ3) is 3.41. The van der Waals surface area contributed by atoms with Gasteiger partial charge in [0.05, 0.1) is 6.42 Å². The van der Waals surface area contributed by atoms with E-state index in [1.54, 1.807) is 6.33 Å². The minimum Gasteiger partial charge on any atom is -0.316 e. The summed E-state index contributed by atoms with van der Waals surface area (Å²) in [4.78, 5) is 16.7. The molecule has 1 aliphatic rings. The van der Waals surface area contributed by atoms with Gasteiger partial charge in [0.1, 0.15) is 17.9 Å². The third-order valence-electron chi connectivity index (χ3n) is 3.82. The van der Waals surface area contributed by atoms with E-state index in [0.717, 1.165) is 38.3 Å². The number of hydrogen-bond acceptors (Lipinski definition) is 4. The number of carbonyl (C=O) groups is 1. The van der Waals surface area contributed by atoms with E-state index in [-0.39, 0.29) is 11.2 Å². The van der Waals surface area contributed by atoms with Crippen molar-refractivity contribution in [1.82, 2.24) is 20.1 Å². The topological polar surface area (TPSA) is 59.8 Å². The first kappa shape index (κ1) is 14.2. The van der Waals surface area contributed by atoms with Gasteiger partial charge in [-0.25, -0.2) is 9.67 Å². The highest BCUT2D eigenvalue weighted by Crippen LogP contribution is 2.27. The monoisotopic (exact) mass is 264 g/mol. The van der Waals surface area contributed by atoms with Crippen molar-refractivity contribution in [2.24, 2.45) is 11.3 Å². The Labute approximate surface area is 114 Å². The maximum Gasteiger partial charge on any atom is 0.147 e. The molecule has 0 spiro atoms. The van der Waals surface area contributed by atoms with Crippen molar-refractivity contribution >= 4 is 5.78 Å². The summed E-state index contributed by atoms with van der Waals surface area (Å²) in [5.74, 6) is 1.57. The lowest BCUT2D eigenvalue weighted by molar-refractivity contribution is -0.128. The van der Waals surface area contributed by atoms with Crippen LogP contribution in [0.1, 0.15) is 39.4 Å². The summed E-state index contributed by atoms with van der Waals surface area (Å²) in [6, 6.07) is 0. The number of Topliss-reactive ketones (excluding diaryl/α,β-unsaturated/α-hetero) is 1. The SMILES string of the molecule is CC(C)Cn1ncnc1CC(=O)C1(C)CCCNC1. The maximum absolute atomic E-state index is 12.5. The second kappa shape index (κ2) is 5.82. The number of rotatable bonds is 5. The Morgan fingerprint density at radius 1 is 1.58 bits per heavy atom. The Hall–Kier alpha value is -1.23. The van der Waals surface area contributed by atoms with Crippen LogP contribution >= 0.6 is 0 Å². The lowest BCUT2D eigenvalue weighted by Gasteiger charge is -2.32. The molecule has 5 nitrogen and oxygen atoms in total. The van der Waals surface area contributed by atoms with Gasteiger partial charge >= 0.3 is 0 Å². The molecule has 1 aliphatic heterocycles. The van der Waals surface area contributed by atoms with Gasteiger partial charge in [0.15, 0.2) is 0 Å². The minimum absolute atomic E-state index is 0.243. The Kier molecular flexibility index (Phi) is 4.34. The first-order valence-electron chi connectivity index (χ1n) is 7.12. The summed E-state index contributed by atoms with van der Waals surface area (Å²) >= 11 is 0. The van der Waals surface area contributed by atoms with Crippen molar-refractivity contribution in [3.63, 3.8) is 0 Å².